The molecular weight excluding hydrogens is 418 g/mol. The number of amides is 1. The number of nitrogens with one attached hydrogen (secondary N) is 1. The molecule has 1 aromatic heterocycles. The minimum Gasteiger partial charge on any atom is -0.508 e. The van der Waals surface area contributed by atoms with Crippen molar-refractivity contribution in [1.29, 1.82) is 0 Å². The molecule has 7 nitrogen and oxygen atoms in total. The van der Waals surface area contributed by atoms with Gasteiger partial charge in [0, 0.05) is 16.5 Å². The van der Waals surface area contributed by atoms with Gasteiger partial charge in [-0.05, 0) is 61.0 Å². The van der Waals surface area contributed by atoms with Gasteiger partial charge in [-0.15, -0.1) is 0 Å². The monoisotopic (exact) mass is 441 g/mol. The molecule has 166 valence electrons. The first-order valence-electron chi connectivity index (χ1n) is 10.4. The van der Waals surface area contributed by atoms with Gasteiger partial charge in [0.15, 0.2) is 0 Å². The predicted octanol–water partition coefficient (Wildman–Crippen LogP) is 4.87. The lowest BCUT2D eigenvalue weighted by atomic mass is 10.0. The van der Waals surface area contributed by atoms with Gasteiger partial charge in [0.2, 0.25) is 0 Å². The summed E-state index contributed by atoms with van der Waals surface area (Å²) in [6, 6.07) is 20.8. The maximum atomic E-state index is 13.2. The fourth-order valence-electron chi connectivity index (χ4n) is 3.54. The highest BCUT2D eigenvalue weighted by Crippen LogP contribution is 2.27. The number of methoxy groups -OCH3 is 1. The number of carbonyl (C=O) groups excluding carboxylic acids is 1. The number of hydrazone groups is 1. The van der Waals surface area contributed by atoms with Gasteiger partial charge in [-0.2, -0.15) is 5.10 Å². The van der Waals surface area contributed by atoms with E-state index in [4.69, 9.17) is 9.72 Å². The van der Waals surface area contributed by atoms with Crippen LogP contribution in [-0.2, 0) is 0 Å². The van der Waals surface area contributed by atoms with E-state index < -0.39 is 5.91 Å². The van der Waals surface area contributed by atoms with Crippen molar-refractivity contribution in [3.8, 4) is 28.5 Å². The summed E-state index contributed by atoms with van der Waals surface area (Å²) in [5, 5.41) is 24.8. The number of carbonyl (C=O) groups is 1. The Bertz CT molecular complexity index is 1350. The largest absolute Gasteiger partial charge is 0.508 e. The smallest absolute Gasteiger partial charge is 0.272 e. The number of hydrogen-bond acceptors (Lipinski definition) is 6. The van der Waals surface area contributed by atoms with Crippen LogP contribution in [0.1, 0.15) is 29.3 Å². The number of aromatic hydroxyl groups is 2. The number of pyridine rings is 1. The van der Waals surface area contributed by atoms with Crippen LogP contribution in [0.2, 0.25) is 0 Å². The van der Waals surface area contributed by atoms with E-state index in [-0.39, 0.29) is 11.5 Å². The van der Waals surface area contributed by atoms with Crippen LogP contribution in [0.5, 0.6) is 17.2 Å². The van der Waals surface area contributed by atoms with Crippen molar-refractivity contribution in [3.63, 3.8) is 0 Å². The number of nitrogens with zero attached hydrogens (tertiary/aromatic N) is 2. The lowest BCUT2D eigenvalue weighted by Gasteiger charge is -2.11. The maximum absolute atomic E-state index is 13.2. The summed E-state index contributed by atoms with van der Waals surface area (Å²) in [5.74, 6) is 0.293. The Labute approximate surface area is 191 Å². The Kier molecular flexibility index (Phi) is 6.22. The molecular formula is C26H23N3O4. The normalized spacial score (nSPS) is 11.4. The van der Waals surface area contributed by atoms with E-state index in [1.54, 1.807) is 13.2 Å². The third kappa shape index (κ3) is 4.62. The van der Waals surface area contributed by atoms with Crippen molar-refractivity contribution < 1.29 is 19.7 Å². The van der Waals surface area contributed by atoms with Crippen molar-refractivity contribution in [3.05, 3.63) is 83.9 Å². The summed E-state index contributed by atoms with van der Waals surface area (Å²) in [6.45, 7) is 1.85. The van der Waals surface area contributed by atoms with Crippen molar-refractivity contribution in [2.45, 2.75) is 13.3 Å². The highest BCUT2D eigenvalue weighted by atomic mass is 16.5. The molecule has 7 heteroatoms. The standard InChI is InChI=1S/C26H23N3O4/c1-3-22(21-14-17(30)10-13-25(21)31)28-29-26(32)20-15-24(16-8-11-18(33-2)12-9-16)27-23-7-5-4-6-19(20)23/h4-15,30-31H,3H2,1-2H3,(H,29,32). The topological polar surface area (TPSA) is 104 Å². The predicted molar refractivity (Wildman–Crippen MR) is 128 cm³/mol. The van der Waals surface area contributed by atoms with Gasteiger partial charge in [0.1, 0.15) is 17.2 Å². The first-order chi connectivity index (χ1) is 16.0. The second-order valence-electron chi connectivity index (χ2n) is 7.36. The Morgan fingerprint density at radius 3 is 2.48 bits per heavy atom. The first-order valence-corrected chi connectivity index (χ1v) is 10.4. The summed E-state index contributed by atoms with van der Waals surface area (Å²) in [4.78, 5) is 17.9. The van der Waals surface area contributed by atoms with Gasteiger partial charge >= 0.3 is 0 Å². The van der Waals surface area contributed by atoms with E-state index in [1.165, 1.54) is 18.2 Å². The fourth-order valence-corrected chi connectivity index (χ4v) is 3.54. The Morgan fingerprint density at radius 1 is 1.00 bits per heavy atom. The number of phenolic OH excluding ortho intramolecular Hbond substituents is 2. The number of hydrogen-bond donors (Lipinski definition) is 3. The second kappa shape index (κ2) is 9.40. The van der Waals surface area contributed by atoms with Crippen LogP contribution in [0.4, 0.5) is 0 Å². The minimum atomic E-state index is -0.408. The second-order valence-corrected chi connectivity index (χ2v) is 7.36. The summed E-state index contributed by atoms with van der Waals surface area (Å²) < 4.78 is 5.22. The maximum Gasteiger partial charge on any atom is 0.272 e. The number of benzene rings is 3. The van der Waals surface area contributed by atoms with Crippen molar-refractivity contribution in [1.82, 2.24) is 10.4 Å². The van der Waals surface area contributed by atoms with Gasteiger partial charge in [-0.25, -0.2) is 10.4 Å². The number of phenols is 2. The molecule has 4 aromatic rings. The number of para-hydroxylation sites is 1. The lowest BCUT2D eigenvalue weighted by molar-refractivity contribution is 0.0956. The minimum absolute atomic E-state index is 0.000428. The van der Waals surface area contributed by atoms with Crippen LogP contribution in [0.3, 0.4) is 0 Å². The molecule has 0 aliphatic rings. The molecule has 0 saturated carbocycles. The third-order valence-electron chi connectivity index (χ3n) is 5.26. The summed E-state index contributed by atoms with van der Waals surface area (Å²) in [5.41, 5.74) is 5.98. The van der Waals surface area contributed by atoms with Gasteiger partial charge in [-0.3, -0.25) is 4.79 Å². The molecule has 0 spiro atoms. The first kappa shape index (κ1) is 21.8. The van der Waals surface area contributed by atoms with Gasteiger partial charge in [0.25, 0.3) is 5.91 Å². The zero-order valence-corrected chi connectivity index (χ0v) is 18.2. The fraction of sp³-hybridized carbons (Fsp3) is 0.115. The average molecular weight is 441 g/mol. The highest BCUT2D eigenvalue weighted by Gasteiger charge is 2.15. The summed E-state index contributed by atoms with van der Waals surface area (Å²) in [7, 11) is 1.60. The number of aromatic nitrogens is 1. The molecule has 0 fully saturated rings. The van der Waals surface area contributed by atoms with E-state index in [0.29, 0.717) is 39.9 Å². The molecule has 4 rings (SSSR count). The highest BCUT2D eigenvalue weighted by molar-refractivity contribution is 6.08. The van der Waals surface area contributed by atoms with Crippen LogP contribution >= 0.6 is 0 Å². The van der Waals surface area contributed by atoms with Gasteiger partial charge in [0.05, 0.1) is 29.6 Å². The zero-order chi connectivity index (χ0) is 23.4. The van der Waals surface area contributed by atoms with Crippen LogP contribution < -0.4 is 10.2 Å². The molecule has 0 atom stereocenters. The molecule has 0 bridgehead atoms. The molecule has 33 heavy (non-hydrogen) atoms. The Morgan fingerprint density at radius 2 is 1.76 bits per heavy atom. The van der Waals surface area contributed by atoms with E-state index in [0.717, 1.165) is 11.3 Å². The van der Waals surface area contributed by atoms with Crippen LogP contribution in [0.15, 0.2) is 77.9 Å². The van der Waals surface area contributed by atoms with Crippen molar-refractivity contribution >= 4 is 22.5 Å². The number of fused-ring (bicyclic) bond motifs is 1. The SMILES string of the molecule is CCC(=NNC(=O)c1cc(-c2ccc(OC)cc2)nc2ccccc12)c1cc(O)ccc1O. The Balaban J connectivity index is 1.72. The van der Waals surface area contributed by atoms with E-state index >= 15 is 0 Å². The molecule has 0 unspecified atom stereocenters. The molecule has 0 aliphatic heterocycles. The number of ether oxygens (including phenoxy) is 1. The van der Waals surface area contributed by atoms with Crippen molar-refractivity contribution in [2.24, 2.45) is 5.10 Å². The summed E-state index contributed by atoms with van der Waals surface area (Å²) in [6.07, 6.45) is 0.436. The van der Waals surface area contributed by atoms with E-state index in [2.05, 4.69) is 10.5 Å². The quantitative estimate of drug-likeness (QED) is 0.225. The molecule has 1 heterocycles. The van der Waals surface area contributed by atoms with Crippen LogP contribution in [0, 0.1) is 0 Å². The van der Waals surface area contributed by atoms with E-state index in [9.17, 15) is 15.0 Å². The molecule has 1 amide bonds. The van der Waals surface area contributed by atoms with Gasteiger partial charge in [-0.1, -0.05) is 25.1 Å². The Hall–Kier alpha value is -4.39. The van der Waals surface area contributed by atoms with Crippen molar-refractivity contribution in [2.75, 3.05) is 7.11 Å². The summed E-state index contributed by atoms with van der Waals surface area (Å²) >= 11 is 0. The van der Waals surface area contributed by atoms with Crippen LogP contribution in [0.25, 0.3) is 22.2 Å². The molecule has 0 aliphatic carbocycles. The third-order valence-corrected chi connectivity index (χ3v) is 5.26. The average Bonchev–Trinajstić information content (AvgIpc) is 2.85. The lowest BCUT2D eigenvalue weighted by Crippen LogP contribution is -2.20. The van der Waals surface area contributed by atoms with Crippen LogP contribution in [-0.4, -0.2) is 33.9 Å². The molecule has 3 N–H and O–H groups in total. The molecule has 0 saturated heterocycles. The molecule has 0 radical (unpaired) electrons. The number of rotatable bonds is 6. The van der Waals surface area contributed by atoms with E-state index in [1.807, 2.05) is 55.5 Å². The zero-order valence-electron chi connectivity index (χ0n) is 18.2. The molecule has 3 aromatic carbocycles. The van der Waals surface area contributed by atoms with Gasteiger partial charge < -0.3 is 14.9 Å².